The number of hydrogen-bond acceptors (Lipinski definition) is 3. The van der Waals surface area contributed by atoms with Gasteiger partial charge in [-0.2, -0.15) is 0 Å². The molecule has 4 nitrogen and oxygen atoms in total. The number of carbonyl (C=O) groups is 1. The average molecular weight is 373 g/mol. The Morgan fingerprint density at radius 1 is 1.19 bits per heavy atom. The maximum Gasteiger partial charge on any atom is 0.210 e. The topological polar surface area (TPSA) is 43.8 Å². The second-order valence-electron chi connectivity index (χ2n) is 8.54. The first-order valence-electron chi connectivity index (χ1n) is 10.9. The Labute approximate surface area is 164 Å². The predicted molar refractivity (Wildman–Crippen MR) is 110 cm³/mol. The van der Waals surface area contributed by atoms with E-state index < -0.39 is 6.10 Å². The van der Waals surface area contributed by atoms with Crippen molar-refractivity contribution in [2.45, 2.75) is 70.4 Å². The molecule has 0 bridgehead atoms. The highest BCUT2D eigenvalue weighted by molar-refractivity contribution is 5.48. The Balaban J connectivity index is 1.64. The second kappa shape index (κ2) is 10.2. The van der Waals surface area contributed by atoms with Gasteiger partial charge in [0.1, 0.15) is 0 Å². The summed E-state index contributed by atoms with van der Waals surface area (Å²) in [6.07, 6.45) is 9.65. The number of likely N-dealkylation sites (tertiary alicyclic amines) is 1. The van der Waals surface area contributed by atoms with E-state index in [0.717, 1.165) is 50.7 Å². The van der Waals surface area contributed by atoms with Gasteiger partial charge in [0.2, 0.25) is 6.41 Å². The number of fused-ring (bicyclic) bond motifs is 1. The summed E-state index contributed by atoms with van der Waals surface area (Å²) in [7, 11) is 0. The van der Waals surface area contributed by atoms with Crippen molar-refractivity contribution in [3.63, 3.8) is 0 Å². The van der Waals surface area contributed by atoms with E-state index >= 15 is 0 Å². The van der Waals surface area contributed by atoms with Crippen LogP contribution in [0.4, 0.5) is 0 Å². The van der Waals surface area contributed by atoms with Crippen LogP contribution in [0.25, 0.3) is 0 Å². The molecule has 3 rings (SSSR count). The van der Waals surface area contributed by atoms with E-state index in [4.69, 9.17) is 0 Å². The molecule has 150 valence electrons. The zero-order chi connectivity index (χ0) is 19.1. The molecule has 1 fully saturated rings. The van der Waals surface area contributed by atoms with Gasteiger partial charge in [0.05, 0.1) is 12.1 Å². The van der Waals surface area contributed by atoms with Crippen LogP contribution in [0.15, 0.2) is 24.3 Å². The van der Waals surface area contributed by atoms with Crippen LogP contribution < -0.4 is 0 Å². The number of hydrogen-bond donors (Lipinski definition) is 1. The lowest BCUT2D eigenvalue weighted by Crippen LogP contribution is -2.42. The van der Waals surface area contributed by atoms with Crippen LogP contribution in [0.1, 0.15) is 69.1 Å². The summed E-state index contributed by atoms with van der Waals surface area (Å²) in [5.74, 6) is 0.506. The van der Waals surface area contributed by atoms with Crippen molar-refractivity contribution >= 4 is 6.41 Å². The molecular weight excluding hydrogens is 336 g/mol. The van der Waals surface area contributed by atoms with E-state index in [9.17, 15) is 9.90 Å². The van der Waals surface area contributed by atoms with Gasteiger partial charge in [-0.3, -0.25) is 4.79 Å². The highest BCUT2D eigenvalue weighted by Gasteiger charge is 2.31. The molecule has 1 aromatic rings. The summed E-state index contributed by atoms with van der Waals surface area (Å²) in [5.41, 5.74) is 2.24. The molecule has 0 aromatic heterocycles. The van der Waals surface area contributed by atoms with Gasteiger partial charge in [0, 0.05) is 6.54 Å². The van der Waals surface area contributed by atoms with Crippen molar-refractivity contribution in [3.8, 4) is 0 Å². The molecule has 4 heteroatoms. The van der Waals surface area contributed by atoms with Crippen molar-refractivity contribution in [1.29, 1.82) is 0 Å². The molecule has 1 aliphatic heterocycles. The normalized spacial score (nSPS) is 27.1. The molecule has 2 aliphatic rings. The average Bonchev–Trinajstić information content (AvgIpc) is 2.96. The predicted octanol–water partition coefficient (Wildman–Crippen LogP) is 3.79. The third-order valence-electron chi connectivity index (χ3n) is 6.44. The van der Waals surface area contributed by atoms with Crippen LogP contribution in [0.5, 0.6) is 0 Å². The van der Waals surface area contributed by atoms with Gasteiger partial charge in [-0.1, -0.05) is 44.0 Å². The van der Waals surface area contributed by atoms with E-state index in [2.05, 4.69) is 17.9 Å². The van der Waals surface area contributed by atoms with Gasteiger partial charge in [-0.15, -0.1) is 0 Å². The standard InChI is InChI=1S/C23H36N2O2/c1-19-11-12-20-9-4-5-10-21(20)23(27)22(17-19)25(18-26)16-8-15-24-13-6-2-3-7-14-24/h4-5,9-10,18-19,22-23,27H,2-3,6-8,11-17H2,1H3/t19?,22-,23+/m0/s1. The number of rotatable bonds is 6. The van der Waals surface area contributed by atoms with Gasteiger partial charge in [-0.05, 0) is 75.2 Å². The van der Waals surface area contributed by atoms with Gasteiger partial charge in [0.25, 0.3) is 0 Å². The molecule has 0 spiro atoms. The summed E-state index contributed by atoms with van der Waals surface area (Å²) in [5, 5.41) is 11.1. The molecule has 27 heavy (non-hydrogen) atoms. The van der Waals surface area contributed by atoms with Crippen molar-refractivity contribution in [3.05, 3.63) is 35.4 Å². The minimum atomic E-state index is -0.590. The van der Waals surface area contributed by atoms with E-state index in [1.807, 2.05) is 23.1 Å². The Morgan fingerprint density at radius 3 is 2.67 bits per heavy atom. The molecule has 1 unspecified atom stereocenters. The number of aliphatic hydroxyl groups is 1. The first-order chi connectivity index (χ1) is 13.2. The quantitative estimate of drug-likeness (QED) is 0.773. The monoisotopic (exact) mass is 372 g/mol. The summed E-state index contributed by atoms with van der Waals surface area (Å²) in [4.78, 5) is 16.3. The Hall–Kier alpha value is -1.39. The third-order valence-corrected chi connectivity index (χ3v) is 6.44. The molecule has 3 atom stereocenters. The molecule has 1 amide bonds. The first kappa shape index (κ1) is 20.3. The first-order valence-corrected chi connectivity index (χ1v) is 10.9. The van der Waals surface area contributed by atoms with Crippen molar-refractivity contribution in [2.24, 2.45) is 5.92 Å². The fourth-order valence-corrected chi connectivity index (χ4v) is 4.77. The Morgan fingerprint density at radius 2 is 1.93 bits per heavy atom. The minimum absolute atomic E-state index is 0.122. The van der Waals surface area contributed by atoms with Gasteiger partial charge >= 0.3 is 0 Å². The number of nitrogens with zero attached hydrogens (tertiary/aromatic N) is 2. The Bertz CT molecular complexity index is 583. The fourth-order valence-electron chi connectivity index (χ4n) is 4.77. The van der Waals surface area contributed by atoms with Crippen LogP contribution in [0, 0.1) is 5.92 Å². The second-order valence-corrected chi connectivity index (χ2v) is 8.54. The van der Waals surface area contributed by atoms with Crippen molar-refractivity contribution in [1.82, 2.24) is 9.80 Å². The zero-order valence-electron chi connectivity index (χ0n) is 16.9. The molecule has 1 saturated heterocycles. The van der Waals surface area contributed by atoms with Gasteiger partial charge in [-0.25, -0.2) is 0 Å². The van der Waals surface area contributed by atoms with Crippen LogP contribution in [0.3, 0.4) is 0 Å². The van der Waals surface area contributed by atoms with Crippen molar-refractivity contribution < 1.29 is 9.90 Å². The molecule has 1 aliphatic carbocycles. The minimum Gasteiger partial charge on any atom is -0.386 e. The molecule has 0 saturated carbocycles. The fraction of sp³-hybridized carbons (Fsp3) is 0.696. The van der Waals surface area contributed by atoms with Gasteiger partial charge < -0.3 is 14.9 Å². The number of carbonyl (C=O) groups excluding carboxylic acids is 1. The largest absolute Gasteiger partial charge is 0.386 e. The molecule has 1 aromatic carbocycles. The maximum atomic E-state index is 11.9. The lowest BCUT2D eigenvalue weighted by atomic mass is 9.83. The summed E-state index contributed by atoms with van der Waals surface area (Å²) < 4.78 is 0. The van der Waals surface area contributed by atoms with Gasteiger partial charge in [0.15, 0.2) is 0 Å². The van der Waals surface area contributed by atoms with E-state index in [-0.39, 0.29) is 6.04 Å². The van der Waals surface area contributed by atoms with Crippen LogP contribution in [-0.2, 0) is 11.2 Å². The third kappa shape index (κ3) is 5.55. The lowest BCUT2D eigenvalue weighted by Gasteiger charge is -2.37. The zero-order valence-corrected chi connectivity index (χ0v) is 16.9. The maximum absolute atomic E-state index is 11.9. The molecule has 0 radical (unpaired) electrons. The summed E-state index contributed by atoms with van der Waals surface area (Å²) in [6.45, 7) is 6.42. The number of aryl methyl sites for hydroxylation is 1. The summed E-state index contributed by atoms with van der Waals surface area (Å²) >= 11 is 0. The van der Waals surface area contributed by atoms with Crippen molar-refractivity contribution in [2.75, 3.05) is 26.2 Å². The lowest BCUT2D eigenvalue weighted by molar-refractivity contribution is -0.123. The van der Waals surface area contributed by atoms with E-state index in [1.54, 1.807) is 0 Å². The van der Waals surface area contributed by atoms with E-state index in [0.29, 0.717) is 5.92 Å². The van der Waals surface area contributed by atoms with E-state index in [1.165, 1.54) is 44.3 Å². The number of aliphatic hydroxyl groups excluding tert-OH is 1. The smallest absolute Gasteiger partial charge is 0.210 e. The molecular formula is C23H36N2O2. The SMILES string of the molecule is CC1CCc2ccccc2[C@@H](O)[C@@H](N(C=O)CCCN2CCCCCC2)C1. The van der Waals surface area contributed by atoms with Crippen LogP contribution >= 0.6 is 0 Å². The number of amides is 1. The number of benzene rings is 1. The highest BCUT2D eigenvalue weighted by Crippen LogP contribution is 2.33. The van der Waals surface area contributed by atoms with Crippen LogP contribution in [-0.4, -0.2) is 53.5 Å². The summed E-state index contributed by atoms with van der Waals surface area (Å²) in [6, 6.07) is 8.07. The highest BCUT2D eigenvalue weighted by atomic mass is 16.3. The van der Waals surface area contributed by atoms with Crippen LogP contribution in [0.2, 0.25) is 0 Å². The Kier molecular flexibility index (Phi) is 7.71. The molecule has 1 N–H and O–H groups in total. The molecule has 1 heterocycles.